The molecule has 0 saturated carbocycles. The first kappa shape index (κ1) is 31.8. The molecule has 1 fully saturated rings. The van der Waals surface area contributed by atoms with Gasteiger partial charge in [0.15, 0.2) is 11.5 Å². The van der Waals surface area contributed by atoms with E-state index in [2.05, 4.69) is 10.6 Å². The summed E-state index contributed by atoms with van der Waals surface area (Å²) in [4.78, 5) is 64.8. The zero-order chi connectivity index (χ0) is 33.8. The zero-order valence-corrected chi connectivity index (χ0v) is 26.0. The van der Waals surface area contributed by atoms with Crippen LogP contribution in [0, 0.1) is 10.1 Å². The second-order valence-corrected chi connectivity index (χ2v) is 11.7. The summed E-state index contributed by atoms with van der Waals surface area (Å²) in [6, 6.07) is 23.6. The van der Waals surface area contributed by atoms with Crippen LogP contribution in [-0.4, -0.2) is 47.7 Å². The van der Waals surface area contributed by atoms with Gasteiger partial charge in [-0.3, -0.25) is 29.3 Å². The number of rotatable bonds is 10. The van der Waals surface area contributed by atoms with Crippen molar-refractivity contribution in [3.8, 4) is 17.2 Å². The van der Waals surface area contributed by atoms with Crippen LogP contribution in [0.4, 0.5) is 17.1 Å². The van der Waals surface area contributed by atoms with Crippen molar-refractivity contribution >= 4 is 58.5 Å². The second-order valence-electron chi connectivity index (χ2n) is 10.5. The van der Waals surface area contributed by atoms with E-state index in [1.807, 2.05) is 0 Å². The molecule has 4 aromatic rings. The van der Waals surface area contributed by atoms with Crippen LogP contribution >= 0.6 is 11.8 Å². The van der Waals surface area contributed by atoms with Crippen molar-refractivity contribution in [3.63, 3.8) is 0 Å². The van der Waals surface area contributed by atoms with Gasteiger partial charge >= 0.3 is 0 Å². The van der Waals surface area contributed by atoms with Gasteiger partial charge in [-0.25, -0.2) is 4.90 Å². The Kier molecular flexibility index (Phi) is 9.07. The van der Waals surface area contributed by atoms with Crippen LogP contribution in [0.1, 0.15) is 22.3 Å². The molecule has 1 atom stereocenters. The smallest absolute Gasteiger partial charge is 0.272 e. The Labute approximate surface area is 277 Å². The molecular formula is C34H26N4O9S. The van der Waals surface area contributed by atoms with Crippen LogP contribution in [0.2, 0.25) is 0 Å². The third-order valence-corrected chi connectivity index (χ3v) is 8.49. The lowest BCUT2D eigenvalue weighted by molar-refractivity contribution is -0.384. The number of non-ortho nitro benzene ring substituents is 1. The molecule has 2 N–H and O–H groups in total. The van der Waals surface area contributed by atoms with Gasteiger partial charge in [0.25, 0.3) is 17.5 Å². The Morgan fingerprint density at radius 3 is 2.50 bits per heavy atom. The molecule has 2 aliphatic rings. The number of anilines is 2. The van der Waals surface area contributed by atoms with E-state index in [1.165, 1.54) is 37.5 Å². The van der Waals surface area contributed by atoms with Crippen molar-refractivity contribution in [2.75, 3.05) is 24.1 Å². The van der Waals surface area contributed by atoms with Crippen LogP contribution in [0.25, 0.3) is 6.08 Å². The fourth-order valence-corrected chi connectivity index (χ4v) is 6.16. The standard InChI is InChI=1S/C34H26N4O9S/c1-45-27-15-20(16-28-31(27)47-19-46-28)14-26(36-32(40)21-6-3-2-4-7-21)33(41)35-22-8-5-9-25(17-22)48-29-18-30(39)37(34(29)42)23-10-12-24(13-11-23)38(43)44/h2-17,29H,18-19H2,1H3,(H,35,41)(H,36,40). The largest absolute Gasteiger partial charge is 0.493 e. The number of thioether (sulfide) groups is 1. The van der Waals surface area contributed by atoms with Crippen LogP contribution in [0.3, 0.4) is 0 Å². The third kappa shape index (κ3) is 6.83. The van der Waals surface area contributed by atoms with Gasteiger partial charge in [-0.1, -0.05) is 24.3 Å². The molecular weight excluding hydrogens is 640 g/mol. The van der Waals surface area contributed by atoms with Gasteiger partial charge in [-0.05, 0) is 66.2 Å². The molecule has 4 aromatic carbocycles. The molecule has 1 unspecified atom stereocenters. The van der Waals surface area contributed by atoms with E-state index in [9.17, 15) is 29.3 Å². The summed E-state index contributed by atoms with van der Waals surface area (Å²) < 4.78 is 16.4. The van der Waals surface area contributed by atoms with Crippen LogP contribution in [0.5, 0.6) is 17.2 Å². The number of benzene rings is 4. The number of fused-ring (bicyclic) bond motifs is 1. The summed E-state index contributed by atoms with van der Waals surface area (Å²) in [5.74, 6) is -0.776. The molecule has 242 valence electrons. The quantitative estimate of drug-likeness (QED) is 0.0998. The van der Waals surface area contributed by atoms with Crippen molar-refractivity contribution < 1.29 is 38.3 Å². The number of nitro benzene ring substituents is 1. The molecule has 14 heteroatoms. The Morgan fingerprint density at radius 1 is 1.00 bits per heavy atom. The number of hydrogen-bond acceptors (Lipinski definition) is 10. The molecule has 6 rings (SSSR count). The number of hydrogen-bond donors (Lipinski definition) is 2. The van der Waals surface area contributed by atoms with E-state index in [4.69, 9.17) is 14.2 Å². The molecule has 1 saturated heterocycles. The Morgan fingerprint density at radius 2 is 1.77 bits per heavy atom. The minimum atomic E-state index is -0.750. The fourth-order valence-electron chi connectivity index (χ4n) is 5.04. The zero-order valence-electron chi connectivity index (χ0n) is 25.2. The molecule has 0 radical (unpaired) electrons. The van der Waals surface area contributed by atoms with E-state index in [0.29, 0.717) is 39.0 Å². The number of nitrogens with one attached hydrogen (secondary N) is 2. The van der Waals surface area contributed by atoms with Crippen molar-refractivity contribution in [1.82, 2.24) is 5.32 Å². The number of carbonyl (C=O) groups excluding carboxylic acids is 4. The van der Waals surface area contributed by atoms with Crippen molar-refractivity contribution in [2.45, 2.75) is 16.6 Å². The Hall–Kier alpha value is -6.15. The lowest BCUT2D eigenvalue weighted by Crippen LogP contribution is -2.31. The SMILES string of the molecule is COc1cc(C=C(NC(=O)c2ccccc2)C(=O)Nc2cccc(SC3CC(=O)N(c4ccc([N+](=O)[O-])cc4)C3=O)c2)cc2c1OCO2. The average molecular weight is 667 g/mol. The highest BCUT2D eigenvalue weighted by Crippen LogP contribution is 2.42. The molecule has 48 heavy (non-hydrogen) atoms. The van der Waals surface area contributed by atoms with E-state index in [-0.39, 0.29) is 30.3 Å². The molecule has 0 bridgehead atoms. The summed E-state index contributed by atoms with van der Waals surface area (Å²) in [6.07, 6.45) is 1.41. The number of nitrogens with zero attached hydrogens (tertiary/aromatic N) is 2. The van der Waals surface area contributed by atoms with E-state index >= 15 is 0 Å². The highest BCUT2D eigenvalue weighted by atomic mass is 32.2. The summed E-state index contributed by atoms with van der Waals surface area (Å²) in [7, 11) is 1.48. The molecule has 13 nitrogen and oxygen atoms in total. The number of carbonyl (C=O) groups is 4. The highest BCUT2D eigenvalue weighted by molar-refractivity contribution is 8.00. The Balaban J connectivity index is 1.21. The van der Waals surface area contributed by atoms with Crippen LogP contribution in [0.15, 0.2) is 102 Å². The van der Waals surface area contributed by atoms with Crippen LogP contribution in [-0.2, 0) is 14.4 Å². The monoisotopic (exact) mass is 666 g/mol. The first-order chi connectivity index (χ1) is 23.2. The molecule has 2 aliphatic heterocycles. The van der Waals surface area contributed by atoms with Gasteiger partial charge in [0.05, 0.1) is 23.0 Å². The number of imide groups is 1. The van der Waals surface area contributed by atoms with Gasteiger partial charge in [0, 0.05) is 34.7 Å². The number of amides is 4. The summed E-state index contributed by atoms with van der Waals surface area (Å²) in [5.41, 5.74) is 1.24. The van der Waals surface area contributed by atoms with Gasteiger partial charge in [0.2, 0.25) is 24.4 Å². The summed E-state index contributed by atoms with van der Waals surface area (Å²) in [5, 5.41) is 15.7. The number of methoxy groups -OCH3 is 1. The fraction of sp³-hybridized carbons (Fsp3) is 0.118. The number of nitro groups is 1. The topological polar surface area (TPSA) is 166 Å². The normalized spacial score (nSPS) is 15.3. The third-order valence-electron chi connectivity index (χ3n) is 7.31. The maximum Gasteiger partial charge on any atom is 0.272 e. The van der Waals surface area contributed by atoms with Crippen molar-refractivity contribution in [2.24, 2.45) is 0 Å². The van der Waals surface area contributed by atoms with Crippen LogP contribution < -0.4 is 29.7 Å². The Bertz CT molecular complexity index is 1970. The molecule has 4 amide bonds. The average Bonchev–Trinajstić information content (AvgIpc) is 3.67. The minimum Gasteiger partial charge on any atom is -0.493 e. The van der Waals surface area contributed by atoms with Gasteiger partial charge in [-0.15, -0.1) is 11.8 Å². The maximum atomic E-state index is 13.7. The predicted octanol–water partition coefficient (Wildman–Crippen LogP) is 5.17. The van der Waals surface area contributed by atoms with Gasteiger partial charge in [-0.2, -0.15) is 0 Å². The summed E-state index contributed by atoms with van der Waals surface area (Å²) in [6.45, 7) is 0.0149. The molecule has 0 aliphatic carbocycles. The van der Waals surface area contributed by atoms with Crippen molar-refractivity contribution in [3.05, 3.63) is 118 Å². The van der Waals surface area contributed by atoms with E-state index < -0.39 is 33.8 Å². The molecule has 0 spiro atoms. The maximum absolute atomic E-state index is 13.7. The lowest BCUT2D eigenvalue weighted by Gasteiger charge is -2.15. The lowest BCUT2D eigenvalue weighted by atomic mass is 10.1. The van der Waals surface area contributed by atoms with E-state index in [1.54, 1.807) is 66.7 Å². The second kappa shape index (κ2) is 13.7. The van der Waals surface area contributed by atoms with E-state index in [0.717, 1.165) is 16.7 Å². The first-order valence-corrected chi connectivity index (χ1v) is 15.3. The predicted molar refractivity (Wildman–Crippen MR) is 176 cm³/mol. The summed E-state index contributed by atoms with van der Waals surface area (Å²) >= 11 is 1.15. The first-order valence-electron chi connectivity index (χ1n) is 14.4. The molecule has 0 aromatic heterocycles. The highest BCUT2D eigenvalue weighted by Gasteiger charge is 2.40. The van der Waals surface area contributed by atoms with Crippen molar-refractivity contribution in [1.29, 1.82) is 0 Å². The minimum absolute atomic E-state index is 0.0149. The number of ether oxygens (including phenoxy) is 3. The van der Waals surface area contributed by atoms with Gasteiger partial charge < -0.3 is 24.8 Å². The van der Waals surface area contributed by atoms with Gasteiger partial charge in [0.1, 0.15) is 5.70 Å². The molecule has 2 heterocycles.